The fourth-order valence-corrected chi connectivity index (χ4v) is 2.45. The van der Waals surface area contributed by atoms with Gasteiger partial charge in [-0.1, -0.05) is 33.1 Å². The number of nitrogens with one attached hydrogen (secondary N) is 3. The molecule has 1 aliphatic carbocycles. The molecule has 0 bridgehead atoms. The predicted molar refractivity (Wildman–Crippen MR) is 83.1 cm³/mol. The van der Waals surface area contributed by atoms with Crippen molar-refractivity contribution in [3.8, 4) is 0 Å². The second-order valence-corrected chi connectivity index (χ2v) is 6.09. The van der Waals surface area contributed by atoms with Crippen LogP contribution >= 0.6 is 12.2 Å². The van der Waals surface area contributed by atoms with Gasteiger partial charge in [0, 0.05) is 25.6 Å². The van der Waals surface area contributed by atoms with Gasteiger partial charge in [0.05, 0.1) is 0 Å². The van der Waals surface area contributed by atoms with Gasteiger partial charge in [0.15, 0.2) is 5.11 Å². The van der Waals surface area contributed by atoms with E-state index in [0.717, 1.165) is 6.54 Å². The predicted octanol–water partition coefficient (Wildman–Crippen LogP) is 1.95. The lowest BCUT2D eigenvalue weighted by molar-refractivity contribution is -0.121. The molecule has 0 radical (unpaired) electrons. The zero-order valence-corrected chi connectivity index (χ0v) is 12.9. The maximum absolute atomic E-state index is 11.5. The van der Waals surface area contributed by atoms with Gasteiger partial charge in [0.25, 0.3) is 0 Å². The first-order valence-corrected chi connectivity index (χ1v) is 7.80. The highest BCUT2D eigenvalue weighted by atomic mass is 32.1. The van der Waals surface area contributed by atoms with Crippen molar-refractivity contribution in [2.75, 3.05) is 13.1 Å². The number of carbonyl (C=O) groups is 1. The van der Waals surface area contributed by atoms with Crippen LogP contribution < -0.4 is 16.0 Å². The van der Waals surface area contributed by atoms with Crippen molar-refractivity contribution < 1.29 is 4.79 Å². The number of rotatable bonds is 6. The van der Waals surface area contributed by atoms with Gasteiger partial charge in [-0.25, -0.2) is 0 Å². The standard InChI is InChI=1S/C14H27N3OS/c1-11(2)10-16-13(18)8-9-15-14(19)17-12-6-4-3-5-7-12/h11-12H,3-10H2,1-2H3,(H,16,18)(H2,15,17,19). The van der Waals surface area contributed by atoms with E-state index in [2.05, 4.69) is 29.8 Å². The van der Waals surface area contributed by atoms with Crippen LogP contribution in [0.15, 0.2) is 0 Å². The summed E-state index contributed by atoms with van der Waals surface area (Å²) in [5.74, 6) is 0.577. The molecule has 0 aromatic heterocycles. The summed E-state index contributed by atoms with van der Waals surface area (Å²) >= 11 is 5.24. The van der Waals surface area contributed by atoms with Crippen molar-refractivity contribution in [3.05, 3.63) is 0 Å². The summed E-state index contributed by atoms with van der Waals surface area (Å²) in [5.41, 5.74) is 0. The number of hydrogen-bond donors (Lipinski definition) is 3. The van der Waals surface area contributed by atoms with Gasteiger partial charge in [-0.3, -0.25) is 4.79 Å². The Balaban J connectivity index is 2.04. The van der Waals surface area contributed by atoms with Crippen molar-refractivity contribution in [3.63, 3.8) is 0 Å². The fourth-order valence-electron chi connectivity index (χ4n) is 2.18. The number of hydrogen-bond acceptors (Lipinski definition) is 2. The highest BCUT2D eigenvalue weighted by Crippen LogP contribution is 2.17. The zero-order chi connectivity index (χ0) is 14.1. The van der Waals surface area contributed by atoms with Crippen LogP contribution in [0, 0.1) is 5.92 Å². The molecule has 19 heavy (non-hydrogen) atoms. The molecule has 0 spiro atoms. The molecule has 4 nitrogen and oxygen atoms in total. The smallest absolute Gasteiger partial charge is 0.221 e. The molecule has 0 aliphatic heterocycles. The summed E-state index contributed by atoms with van der Waals surface area (Å²) in [6, 6.07) is 0.517. The van der Waals surface area contributed by atoms with E-state index in [9.17, 15) is 4.79 Å². The molecule has 5 heteroatoms. The molecule has 1 fully saturated rings. The van der Waals surface area contributed by atoms with Gasteiger partial charge < -0.3 is 16.0 Å². The molecule has 1 aliphatic rings. The van der Waals surface area contributed by atoms with Crippen LogP contribution in [0.5, 0.6) is 0 Å². The van der Waals surface area contributed by atoms with E-state index >= 15 is 0 Å². The fraction of sp³-hybridized carbons (Fsp3) is 0.857. The molecule has 3 N–H and O–H groups in total. The molecule has 0 unspecified atom stereocenters. The van der Waals surface area contributed by atoms with E-state index < -0.39 is 0 Å². The van der Waals surface area contributed by atoms with Gasteiger partial charge in [0.1, 0.15) is 0 Å². The average molecular weight is 285 g/mol. The Kier molecular flexibility index (Phi) is 7.79. The first-order chi connectivity index (χ1) is 9.08. The highest BCUT2D eigenvalue weighted by molar-refractivity contribution is 7.80. The van der Waals surface area contributed by atoms with Crippen molar-refractivity contribution in [2.24, 2.45) is 5.92 Å². The average Bonchev–Trinajstić information content (AvgIpc) is 2.37. The number of thiocarbonyl (C=S) groups is 1. The Morgan fingerprint density at radius 2 is 1.89 bits per heavy atom. The summed E-state index contributed by atoms with van der Waals surface area (Å²) in [5, 5.41) is 10.0. The molecule has 0 atom stereocenters. The van der Waals surface area contributed by atoms with Crippen molar-refractivity contribution in [1.29, 1.82) is 0 Å². The largest absolute Gasteiger partial charge is 0.362 e. The van der Waals surface area contributed by atoms with E-state index in [-0.39, 0.29) is 5.91 Å². The topological polar surface area (TPSA) is 53.2 Å². The Bertz CT molecular complexity index is 288. The van der Waals surface area contributed by atoms with E-state index in [1.54, 1.807) is 0 Å². The maximum Gasteiger partial charge on any atom is 0.221 e. The van der Waals surface area contributed by atoms with Crippen LogP contribution in [0.1, 0.15) is 52.4 Å². The summed E-state index contributed by atoms with van der Waals surface area (Å²) in [4.78, 5) is 11.5. The van der Waals surface area contributed by atoms with E-state index in [4.69, 9.17) is 12.2 Å². The molecule has 0 heterocycles. The van der Waals surface area contributed by atoms with Crippen LogP contribution in [-0.2, 0) is 4.79 Å². The van der Waals surface area contributed by atoms with Gasteiger partial charge in [-0.15, -0.1) is 0 Å². The monoisotopic (exact) mass is 285 g/mol. The first-order valence-electron chi connectivity index (χ1n) is 7.39. The lowest BCUT2D eigenvalue weighted by atomic mass is 9.96. The molecule has 1 saturated carbocycles. The molecule has 1 amide bonds. The van der Waals surface area contributed by atoms with Crippen LogP contribution in [0.4, 0.5) is 0 Å². The summed E-state index contributed by atoms with van der Waals surface area (Å²) in [6.45, 7) is 5.51. The SMILES string of the molecule is CC(C)CNC(=O)CCNC(=S)NC1CCCCC1. The van der Waals surface area contributed by atoms with Crippen LogP contribution in [0.25, 0.3) is 0 Å². The third kappa shape index (κ3) is 8.03. The molecule has 0 aromatic rings. The third-order valence-corrected chi connectivity index (χ3v) is 3.55. The van der Waals surface area contributed by atoms with Gasteiger partial charge in [-0.2, -0.15) is 0 Å². The molecular weight excluding hydrogens is 258 g/mol. The minimum absolute atomic E-state index is 0.0849. The summed E-state index contributed by atoms with van der Waals surface area (Å²) in [7, 11) is 0. The lowest BCUT2D eigenvalue weighted by Crippen LogP contribution is -2.43. The van der Waals surface area contributed by atoms with Gasteiger partial charge in [0.2, 0.25) is 5.91 Å². The molecule has 0 aromatic carbocycles. The van der Waals surface area contributed by atoms with E-state index in [1.165, 1.54) is 32.1 Å². The Hall–Kier alpha value is -0.840. The normalized spacial score (nSPS) is 16.2. The Morgan fingerprint density at radius 1 is 1.21 bits per heavy atom. The maximum atomic E-state index is 11.5. The van der Waals surface area contributed by atoms with Crippen molar-refractivity contribution in [2.45, 2.75) is 58.4 Å². The van der Waals surface area contributed by atoms with Crippen molar-refractivity contribution in [1.82, 2.24) is 16.0 Å². The minimum Gasteiger partial charge on any atom is -0.362 e. The molecule has 0 saturated heterocycles. The van der Waals surface area contributed by atoms with Gasteiger partial charge in [-0.05, 0) is 31.0 Å². The summed E-state index contributed by atoms with van der Waals surface area (Å²) < 4.78 is 0. The first kappa shape index (κ1) is 16.2. The molecule has 110 valence electrons. The minimum atomic E-state index is 0.0849. The third-order valence-electron chi connectivity index (χ3n) is 3.29. The van der Waals surface area contributed by atoms with E-state index in [0.29, 0.717) is 30.0 Å². The Morgan fingerprint density at radius 3 is 2.53 bits per heavy atom. The van der Waals surface area contributed by atoms with Gasteiger partial charge >= 0.3 is 0 Å². The van der Waals surface area contributed by atoms with E-state index in [1.807, 2.05) is 0 Å². The highest BCUT2D eigenvalue weighted by Gasteiger charge is 2.13. The number of amides is 1. The van der Waals surface area contributed by atoms with Crippen molar-refractivity contribution >= 4 is 23.2 Å². The Labute approximate surface area is 122 Å². The zero-order valence-electron chi connectivity index (χ0n) is 12.1. The van der Waals surface area contributed by atoms with Crippen LogP contribution in [-0.4, -0.2) is 30.2 Å². The van der Waals surface area contributed by atoms with Crippen LogP contribution in [0.3, 0.4) is 0 Å². The van der Waals surface area contributed by atoms with Crippen LogP contribution in [0.2, 0.25) is 0 Å². The second kappa shape index (κ2) is 9.13. The number of carbonyl (C=O) groups excluding carboxylic acids is 1. The molecular formula is C14H27N3OS. The lowest BCUT2D eigenvalue weighted by Gasteiger charge is -2.24. The summed E-state index contributed by atoms with van der Waals surface area (Å²) in [6.07, 6.45) is 6.80. The second-order valence-electron chi connectivity index (χ2n) is 5.68. The molecule has 1 rings (SSSR count). The quantitative estimate of drug-likeness (QED) is 0.653.